The minimum atomic E-state index is -0.0769. The van der Waals surface area contributed by atoms with Crippen LogP contribution in [0.4, 0.5) is 0 Å². The van der Waals surface area contributed by atoms with E-state index in [-0.39, 0.29) is 22.8 Å². The second kappa shape index (κ2) is 7.77. The van der Waals surface area contributed by atoms with Gasteiger partial charge in [0, 0.05) is 23.7 Å². The Labute approximate surface area is 153 Å². The van der Waals surface area contributed by atoms with Crippen molar-refractivity contribution in [2.24, 2.45) is 5.73 Å². The molecule has 4 heteroatoms. The standard InChI is InChI=1S/C21H36N2O2/c1-13(12-22)23-17(24)11-15-10-16(20(3,4)5)19(25-9)18(14(15)2)21(6,7)8/h10,13H,11-12,22H2,1-9H3,(H,23,24). The molecule has 0 radical (unpaired) electrons. The van der Waals surface area contributed by atoms with Gasteiger partial charge in [-0.25, -0.2) is 0 Å². The predicted octanol–water partition coefficient (Wildman–Crippen LogP) is 3.60. The molecule has 0 aliphatic heterocycles. The first-order chi connectivity index (χ1) is 11.3. The molecule has 1 aromatic rings. The molecule has 0 aliphatic rings. The fraction of sp³-hybridized carbons (Fsp3) is 0.667. The van der Waals surface area contributed by atoms with E-state index in [0.717, 1.165) is 22.4 Å². The molecular weight excluding hydrogens is 312 g/mol. The lowest BCUT2D eigenvalue weighted by Crippen LogP contribution is -2.38. The fourth-order valence-electron chi connectivity index (χ4n) is 3.23. The van der Waals surface area contributed by atoms with Crippen LogP contribution in [0.3, 0.4) is 0 Å². The van der Waals surface area contributed by atoms with E-state index < -0.39 is 0 Å². The average Bonchev–Trinajstić information content (AvgIpc) is 2.45. The maximum atomic E-state index is 12.4. The maximum absolute atomic E-state index is 12.4. The molecule has 1 aromatic carbocycles. The summed E-state index contributed by atoms with van der Waals surface area (Å²) in [5.74, 6) is 0.947. The summed E-state index contributed by atoms with van der Waals surface area (Å²) in [7, 11) is 1.73. The van der Waals surface area contributed by atoms with Crippen LogP contribution in [0.5, 0.6) is 5.75 Å². The lowest BCUT2D eigenvalue weighted by molar-refractivity contribution is -0.121. The van der Waals surface area contributed by atoms with E-state index >= 15 is 0 Å². The monoisotopic (exact) mass is 348 g/mol. The highest BCUT2D eigenvalue weighted by Crippen LogP contribution is 2.43. The molecule has 0 aliphatic carbocycles. The quantitative estimate of drug-likeness (QED) is 0.854. The zero-order valence-electron chi connectivity index (χ0n) is 17.5. The van der Waals surface area contributed by atoms with E-state index in [4.69, 9.17) is 10.5 Å². The number of methoxy groups -OCH3 is 1. The maximum Gasteiger partial charge on any atom is 0.224 e. The van der Waals surface area contributed by atoms with Crippen molar-refractivity contribution in [3.63, 3.8) is 0 Å². The van der Waals surface area contributed by atoms with E-state index in [0.29, 0.717) is 13.0 Å². The first-order valence-corrected chi connectivity index (χ1v) is 9.03. The molecule has 0 bridgehead atoms. The summed E-state index contributed by atoms with van der Waals surface area (Å²) in [5, 5.41) is 2.96. The van der Waals surface area contributed by atoms with Crippen molar-refractivity contribution >= 4 is 5.91 Å². The SMILES string of the molecule is COc1c(C(C)(C)C)cc(CC(=O)NC(C)CN)c(C)c1C(C)(C)C. The Morgan fingerprint density at radius 2 is 1.76 bits per heavy atom. The molecule has 0 aromatic heterocycles. The van der Waals surface area contributed by atoms with Crippen LogP contribution in [0.1, 0.15) is 70.7 Å². The van der Waals surface area contributed by atoms with Crippen LogP contribution < -0.4 is 15.8 Å². The summed E-state index contributed by atoms with van der Waals surface area (Å²) in [6, 6.07) is 2.12. The van der Waals surface area contributed by atoms with Gasteiger partial charge in [0.25, 0.3) is 0 Å². The number of hydrogen-bond donors (Lipinski definition) is 2. The zero-order chi connectivity index (χ0) is 19.6. The first kappa shape index (κ1) is 21.5. The molecule has 0 saturated heterocycles. The number of carbonyl (C=O) groups is 1. The average molecular weight is 349 g/mol. The Bertz CT molecular complexity index is 622. The van der Waals surface area contributed by atoms with E-state index in [2.05, 4.69) is 59.8 Å². The van der Waals surface area contributed by atoms with Crippen LogP contribution in [0, 0.1) is 6.92 Å². The lowest BCUT2D eigenvalue weighted by Gasteiger charge is -2.32. The second-order valence-corrected chi connectivity index (χ2v) is 9.00. The van der Waals surface area contributed by atoms with Gasteiger partial charge in [-0.1, -0.05) is 47.6 Å². The Hall–Kier alpha value is -1.55. The molecule has 25 heavy (non-hydrogen) atoms. The molecule has 1 rings (SSSR count). The van der Waals surface area contributed by atoms with Gasteiger partial charge >= 0.3 is 0 Å². The molecule has 0 spiro atoms. The number of nitrogens with two attached hydrogens (primary N) is 1. The zero-order valence-corrected chi connectivity index (χ0v) is 17.5. The third-order valence-corrected chi connectivity index (χ3v) is 4.52. The van der Waals surface area contributed by atoms with Crippen LogP contribution in [0.25, 0.3) is 0 Å². The number of nitrogens with one attached hydrogen (secondary N) is 1. The summed E-state index contributed by atoms with van der Waals surface area (Å²) in [4.78, 5) is 12.4. The van der Waals surface area contributed by atoms with Crippen LogP contribution >= 0.6 is 0 Å². The fourth-order valence-corrected chi connectivity index (χ4v) is 3.23. The van der Waals surface area contributed by atoms with Crippen molar-refractivity contribution in [1.82, 2.24) is 5.32 Å². The number of hydrogen-bond acceptors (Lipinski definition) is 3. The van der Waals surface area contributed by atoms with E-state index in [1.54, 1.807) is 7.11 Å². The van der Waals surface area contributed by atoms with Gasteiger partial charge in [0.15, 0.2) is 0 Å². The van der Waals surface area contributed by atoms with Crippen molar-refractivity contribution in [2.75, 3.05) is 13.7 Å². The van der Waals surface area contributed by atoms with Crippen molar-refractivity contribution in [3.05, 3.63) is 28.3 Å². The van der Waals surface area contributed by atoms with Crippen molar-refractivity contribution in [2.45, 2.75) is 78.7 Å². The summed E-state index contributed by atoms with van der Waals surface area (Å²) in [6.45, 7) is 17.5. The third kappa shape index (κ3) is 5.21. The number of benzene rings is 1. The summed E-state index contributed by atoms with van der Waals surface area (Å²) in [6.07, 6.45) is 0.353. The van der Waals surface area contributed by atoms with Gasteiger partial charge in [-0.15, -0.1) is 0 Å². The molecule has 4 nitrogen and oxygen atoms in total. The van der Waals surface area contributed by atoms with E-state index in [9.17, 15) is 4.79 Å². The number of amides is 1. The molecule has 0 fully saturated rings. The lowest BCUT2D eigenvalue weighted by atomic mass is 9.75. The molecule has 3 N–H and O–H groups in total. The summed E-state index contributed by atoms with van der Waals surface area (Å²) < 4.78 is 5.84. The first-order valence-electron chi connectivity index (χ1n) is 9.03. The summed E-state index contributed by atoms with van der Waals surface area (Å²) >= 11 is 0. The topological polar surface area (TPSA) is 64.3 Å². The van der Waals surface area contributed by atoms with E-state index in [1.807, 2.05) is 6.92 Å². The van der Waals surface area contributed by atoms with Gasteiger partial charge < -0.3 is 15.8 Å². The largest absolute Gasteiger partial charge is 0.496 e. The highest BCUT2D eigenvalue weighted by molar-refractivity contribution is 5.80. The molecule has 0 saturated carbocycles. The van der Waals surface area contributed by atoms with Crippen molar-refractivity contribution in [3.8, 4) is 5.75 Å². The molecule has 142 valence electrons. The highest BCUT2D eigenvalue weighted by atomic mass is 16.5. The molecule has 1 unspecified atom stereocenters. The van der Waals surface area contributed by atoms with Crippen LogP contribution in [0.15, 0.2) is 6.07 Å². The minimum Gasteiger partial charge on any atom is -0.496 e. The van der Waals surface area contributed by atoms with Gasteiger partial charge in [-0.05, 0) is 35.8 Å². The number of carbonyl (C=O) groups excluding carboxylic acids is 1. The van der Waals surface area contributed by atoms with Crippen molar-refractivity contribution < 1.29 is 9.53 Å². The smallest absolute Gasteiger partial charge is 0.224 e. The molecule has 0 heterocycles. The van der Waals surface area contributed by atoms with Gasteiger partial charge in [0.2, 0.25) is 5.91 Å². The van der Waals surface area contributed by atoms with Gasteiger partial charge in [-0.3, -0.25) is 4.79 Å². The molecule has 1 amide bonds. The molecule has 1 atom stereocenters. The second-order valence-electron chi connectivity index (χ2n) is 9.00. The third-order valence-electron chi connectivity index (χ3n) is 4.52. The Morgan fingerprint density at radius 1 is 1.20 bits per heavy atom. The number of ether oxygens (including phenoxy) is 1. The van der Waals surface area contributed by atoms with Crippen LogP contribution in [-0.4, -0.2) is 25.6 Å². The normalized spacial score (nSPS) is 13.5. The van der Waals surface area contributed by atoms with E-state index in [1.165, 1.54) is 5.56 Å². The molecular formula is C21H36N2O2. The van der Waals surface area contributed by atoms with Crippen molar-refractivity contribution in [1.29, 1.82) is 0 Å². The Kier molecular flexibility index (Phi) is 6.68. The van der Waals surface area contributed by atoms with Gasteiger partial charge in [-0.2, -0.15) is 0 Å². The number of rotatable bonds is 5. The van der Waals surface area contributed by atoms with Gasteiger partial charge in [0.1, 0.15) is 5.75 Å². The predicted molar refractivity (Wildman–Crippen MR) is 105 cm³/mol. The highest BCUT2D eigenvalue weighted by Gasteiger charge is 2.30. The Balaban J connectivity index is 3.52. The van der Waals surface area contributed by atoms with Crippen LogP contribution in [0.2, 0.25) is 0 Å². The van der Waals surface area contributed by atoms with Crippen LogP contribution in [-0.2, 0) is 22.0 Å². The minimum absolute atomic E-state index is 0.00550. The summed E-state index contributed by atoms with van der Waals surface area (Å²) in [5.41, 5.74) is 9.96. The Morgan fingerprint density at radius 3 is 2.16 bits per heavy atom. The van der Waals surface area contributed by atoms with Gasteiger partial charge in [0.05, 0.1) is 13.5 Å².